The average Bonchev–Trinajstić information content (AvgIpc) is 3.15. The van der Waals surface area contributed by atoms with E-state index in [1.54, 1.807) is 18.4 Å². The lowest BCUT2D eigenvalue weighted by Gasteiger charge is -2.37. The van der Waals surface area contributed by atoms with Gasteiger partial charge >= 0.3 is 5.97 Å². The number of hydrogen-bond acceptors (Lipinski definition) is 6. The maximum atomic E-state index is 12.9. The Bertz CT molecular complexity index is 983. The third-order valence-corrected chi connectivity index (χ3v) is 7.92. The molecule has 0 unspecified atom stereocenters. The minimum Gasteiger partial charge on any atom is -0.497 e. The quantitative estimate of drug-likeness (QED) is 0.464. The molecule has 178 valence electrons. The Hall–Kier alpha value is -2.32. The maximum Gasteiger partial charge on any atom is 0.341 e. The number of methoxy groups -OCH3 is 1. The first-order valence-corrected chi connectivity index (χ1v) is 13.1. The van der Waals surface area contributed by atoms with Gasteiger partial charge in [0.05, 0.1) is 19.3 Å². The van der Waals surface area contributed by atoms with Crippen LogP contribution >= 0.6 is 23.6 Å². The summed E-state index contributed by atoms with van der Waals surface area (Å²) in [5.41, 5.74) is 3.04. The van der Waals surface area contributed by atoms with Gasteiger partial charge in [0.15, 0.2) is 5.11 Å². The molecule has 0 radical (unpaired) electrons. The Morgan fingerprint density at radius 2 is 1.88 bits per heavy atom. The predicted molar refractivity (Wildman–Crippen MR) is 139 cm³/mol. The molecule has 2 aromatic rings. The number of nitrogens with zero attached hydrogens (tertiary/aromatic N) is 2. The highest BCUT2D eigenvalue weighted by molar-refractivity contribution is 7.80. The normalized spacial score (nSPS) is 16.4. The number of thiophene rings is 1. The van der Waals surface area contributed by atoms with Crippen LogP contribution in [0.15, 0.2) is 24.3 Å². The molecule has 1 saturated heterocycles. The number of aryl methyl sites for hydroxylation is 1. The molecule has 2 aliphatic rings. The Labute approximate surface area is 205 Å². The average molecular weight is 488 g/mol. The van der Waals surface area contributed by atoms with Gasteiger partial charge in [0.2, 0.25) is 0 Å². The molecule has 0 atom stereocenters. The van der Waals surface area contributed by atoms with Gasteiger partial charge in [-0.2, -0.15) is 0 Å². The summed E-state index contributed by atoms with van der Waals surface area (Å²) in [5.74, 6) is 0.635. The zero-order chi connectivity index (χ0) is 23.2. The summed E-state index contributed by atoms with van der Waals surface area (Å²) in [6, 6.07) is 8.16. The van der Waals surface area contributed by atoms with E-state index in [4.69, 9.17) is 21.7 Å². The van der Waals surface area contributed by atoms with Gasteiger partial charge in [-0.05, 0) is 62.5 Å². The topological polar surface area (TPSA) is 54.0 Å². The first-order chi connectivity index (χ1) is 16.1. The Morgan fingerprint density at radius 1 is 1.12 bits per heavy atom. The van der Waals surface area contributed by atoms with Crippen molar-refractivity contribution in [2.24, 2.45) is 0 Å². The summed E-state index contributed by atoms with van der Waals surface area (Å²) in [6.45, 7) is 5.63. The largest absolute Gasteiger partial charge is 0.497 e. The molecule has 0 spiro atoms. The third-order valence-electron chi connectivity index (χ3n) is 6.36. The number of carbonyl (C=O) groups is 1. The highest BCUT2D eigenvalue weighted by Crippen LogP contribution is 2.38. The second kappa shape index (κ2) is 11.2. The SMILES string of the molecule is CCOC(=O)c1c(NC(=S)N2CCN(c3cccc(OC)c3)CC2)sc2c1CCCCCC2. The summed E-state index contributed by atoms with van der Waals surface area (Å²) in [6.07, 6.45) is 6.73. The fourth-order valence-electron chi connectivity index (χ4n) is 4.58. The molecule has 1 N–H and O–H groups in total. The van der Waals surface area contributed by atoms with Crippen LogP contribution in [0.1, 0.15) is 53.4 Å². The summed E-state index contributed by atoms with van der Waals surface area (Å²) >= 11 is 7.47. The van der Waals surface area contributed by atoms with E-state index < -0.39 is 0 Å². The number of esters is 1. The first-order valence-electron chi connectivity index (χ1n) is 11.9. The van der Waals surface area contributed by atoms with Gasteiger partial charge in [-0.3, -0.25) is 0 Å². The zero-order valence-electron chi connectivity index (χ0n) is 19.5. The molecule has 4 rings (SSSR count). The number of piperazine rings is 1. The second-order valence-electron chi connectivity index (χ2n) is 8.45. The molecule has 1 aromatic heterocycles. The van der Waals surface area contributed by atoms with Crippen molar-refractivity contribution in [1.82, 2.24) is 4.90 Å². The summed E-state index contributed by atoms with van der Waals surface area (Å²) in [5, 5.41) is 4.96. The van der Waals surface area contributed by atoms with Crippen molar-refractivity contribution in [2.45, 2.75) is 45.4 Å². The number of benzene rings is 1. The second-order valence-corrected chi connectivity index (χ2v) is 9.94. The molecular weight excluding hydrogens is 454 g/mol. The summed E-state index contributed by atoms with van der Waals surface area (Å²) < 4.78 is 10.8. The van der Waals surface area contributed by atoms with E-state index in [1.165, 1.54) is 29.7 Å². The van der Waals surface area contributed by atoms with E-state index in [0.29, 0.717) is 17.3 Å². The van der Waals surface area contributed by atoms with Crippen LogP contribution in [0.3, 0.4) is 0 Å². The van der Waals surface area contributed by atoms with E-state index in [0.717, 1.165) is 61.9 Å². The van der Waals surface area contributed by atoms with E-state index >= 15 is 0 Å². The highest BCUT2D eigenvalue weighted by Gasteiger charge is 2.27. The molecule has 0 amide bonds. The third kappa shape index (κ3) is 5.61. The van der Waals surface area contributed by atoms with Gasteiger partial charge in [-0.15, -0.1) is 11.3 Å². The molecule has 2 heterocycles. The van der Waals surface area contributed by atoms with Crippen molar-refractivity contribution >= 4 is 45.3 Å². The number of hydrogen-bond donors (Lipinski definition) is 1. The molecule has 1 fully saturated rings. The first kappa shape index (κ1) is 23.8. The van der Waals surface area contributed by atoms with Gasteiger partial charge in [-0.1, -0.05) is 18.9 Å². The van der Waals surface area contributed by atoms with Gasteiger partial charge in [-0.25, -0.2) is 4.79 Å². The van der Waals surface area contributed by atoms with Crippen molar-refractivity contribution < 1.29 is 14.3 Å². The van der Waals surface area contributed by atoms with Crippen molar-refractivity contribution in [3.8, 4) is 5.75 Å². The van der Waals surface area contributed by atoms with Crippen LogP contribution in [-0.4, -0.2) is 55.9 Å². The molecule has 8 heteroatoms. The van der Waals surface area contributed by atoms with Gasteiger partial charge in [0.1, 0.15) is 10.8 Å². The Balaban J connectivity index is 1.46. The van der Waals surface area contributed by atoms with E-state index in [1.807, 2.05) is 19.1 Å². The molecule has 0 bridgehead atoms. The highest BCUT2D eigenvalue weighted by atomic mass is 32.1. The molecule has 0 saturated carbocycles. The molecule has 1 aliphatic heterocycles. The van der Waals surface area contributed by atoms with Crippen molar-refractivity contribution in [1.29, 1.82) is 0 Å². The molecule has 33 heavy (non-hydrogen) atoms. The van der Waals surface area contributed by atoms with Crippen LogP contribution in [0.25, 0.3) is 0 Å². The van der Waals surface area contributed by atoms with Crippen LogP contribution in [0.2, 0.25) is 0 Å². The number of fused-ring (bicyclic) bond motifs is 1. The molecule has 6 nitrogen and oxygen atoms in total. The van der Waals surface area contributed by atoms with E-state index in [9.17, 15) is 4.79 Å². The van der Waals surface area contributed by atoms with Gasteiger partial charge < -0.3 is 24.6 Å². The minimum absolute atomic E-state index is 0.233. The molecule has 1 aromatic carbocycles. The lowest BCUT2D eigenvalue weighted by atomic mass is 9.96. The van der Waals surface area contributed by atoms with Crippen molar-refractivity contribution in [3.05, 3.63) is 40.3 Å². The number of rotatable bonds is 5. The number of ether oxygens (including phenoxy) is 2. The van der Waals surface area contributed by atoms with Crippen LogP contribution in [0, 0.1) is 0 Å². The summed E-state index contributed by atoms with van der Waals surface area (Å²) in [7, 11) is 1.69. The number of anilines is 2. The molecule has 1 aliphatic carbocycles. The Morgan fingerprint density at radius 3 is 2.61 bits per heavy atom. The molecular formula is C25H33N3O3S2. The number of carbonyl (C=O) groups excluding carboxylic acids is 1. The van der Waals surface area contributed by atoms with Crippen molar-refractivity contribution in [3.63, 3.8) is 0 Å². The lowest BCUT2D eigenvalue weighted by molar-refractivity contribution is 0.0526. The van der Waals surface area contributed by atoms with Crippen LogP contribution in [0.5, 0.6) is 5.75 Å². The van der Waals surface area contributed by atoms with E-state index in [2.05, 4.69) is 27.2 Å². The standard InChI is InChI=1S/C25H33N3O3S2/c1-3-31-24(29)22-20-11-6-4-5-7-12-21(20)33-23(22)26-25(32)28-15-13-27(14-16-28)18-9-8-10-19(17-18)30-2/h8-10,17H,3-7,11-16H2,1-2H3,(H,26,32). The zero-order valence-corrected chi connectivity index (χ0v) is 21.2. The van der Waals surface area contributed by atoms with Crippen molar-refractivity contribution in [2.75, 3.05) is 50.1 Å². The minimum atomic E-state index is -0.233. The smallest absolute Gasteiger partial charge is 0.341 e. The fraction of sp³-hybridized carbons (Fsp3) is 0.520. The summed E-state index contributed by atoms with van der Waals surface area (Å²) in [4.78, 5) is 18.7. The van der Waals surface area contributed by atoms with Crippen LogP contribution < -0.4 is 15.0 Å². The van der Waals surface area contributed by atoms with Crippen LogP contribution in [0.4, 0.5) is 10.7 Å². The van der Waals surface area contributed by atoms with E-state index in [-0.39, 0.29) is 5.97 Å². The Kier molecular flexibility index (Phi) is 8.09. The van der Waals surface area contributed by atoms with Gasteiger partial charge in [0, 0.05) is 42.8 Å². The van der Waals surface area contributed by atoms with Crippen LogP contribution in [-0.2, 0) is 17.6 Å². The number of nitrogens with one attached hydrogen (secondary N) is 1. The lowest BCUT2D eigenvalue weighted by Crippen LogP contribution is -2.50. The monoisotopic (exact) mass is 487 g/mol. The predicted octanol–water partition coefficient (Wildman–Crippen LogP) is 5.11. The maximum absolute atomic E-state index is 12.9. The van der Waals surface area contributed by atoms with Gasteiger partial charge in [0.25, 0.3) is 0 Å². The fourth-order valence-corrected chi connectivity index (χ4v) is 6.20. The number of thiocarbonyl (C=S) groups is 1.